The average molecular weight is 284 g/mol. The first-order valence-corrected chi connectivity index (χ1v) is 8.04. The van der Waals surface area contributed by atoms with E-state index in [9.17, 15) is 0 Å². The second-order valence-corrected chi connectivity index (χ2v) is 5.14. The Bertz CT molecular complexity index is 499. The monoisotopic (exact) mass is 284 g/mol. The van der Waals surface area contributed by atoms with E-state index in [4.69, 9.17) is 4.74 Å². The third-order valence-corrected chi connectivity index (χ3v) is 3.53. The SMILES string of the molecule is CC/C=C(\CC)C(=C=Cc1ccc(OC)cc1)CCCC. The molecule has 0 saturated carbocycles. The van der Waals surface area contributed by atoms with Crippen molar-refractivity contribution >= 4 is 6.08 Å². The van der Waals surface area contributed by atoms with E-state index in [0.29, 0.717) is 0 Å². The molecule has 0 unspecified atom stereocenters. The Morgan fingerprint density at radius 3 is 2.38 bits per heavy atom. The fourth-order valence-corrected chi connectivity index (χ4v) is 2.28. The summed E-state index contributed by atoms with van der Waals surface area (Å²) in [4.78, 5) is 0. The van der Waals surface area contributed by atoms with Gasteiger partial charge in [0.15, 0.2) is 0 Å². The molecule has 0 aromatic heterocycles. The summed E-state index contributed by atoms with van der Waals surface area (Å²) in [5.74, 6) is 0.891. The molecular formula is C20H28O. The molecule has 1 aromatic carbocycles. The van der Waals surface area contributed by atoms with Crippen LogP contribution in [0.3, 0.4) is 0 Å². The lowest BCUT2D eigenvalue weighted by atomic mass is 9.97. The summed E-state index contributed by atoms with van der Waals surface area (Å²) in [7, 11) is 1.69. The molecule has 1 aromatic rings. The van der Waals surface area contributed by atoms with Crippen molar-refractivity contribution in [2.24, 2.45) is 0 Å². The van der Waals surface area contributed by atoms with Crippen LogP contribution in [0.4, 0.5) is 0 Å². The molecule has 0 spiro atoms. The van der Waals surface area contributed by atoms with Crippen molar-refractivity contribution in [2.45, 2.75) is 52.9 Å². The molecule has 0 amide bonds. The first-order valence-electron chi connectivity index (χ1n) is 8.04. The molecule has 1 rings (SSSR count). The lowest BCUT2D eigenvalue weighted by Crippen LogP contribution is -1.89. The largest absolute Gasteiger partial charge is 0.497 e. The molecule has 114 valence electrons. The van der Waals surface area contributed by atoms with Crippen LogP contribution in [0.2, 0.25) is 0 Å². The highest BCUT2D eigenvalue weighted by Crippen LogP contribution is 2.20. The van der Waals surface area contributed by atoms with Crippen molar-refractivity contribution in [3.05, 3.63) is 52.8 Å². The highest BCUT2D eigenvalue weighted by molar-refractivity contribution is 5.52. The normalized spacial score (nSPS) is 11.0. The minimum absolute atomic E-state index is 0.891. The zero-order valence-electron chi connectivity index (χ0n) is 13.9. The molecule has 0 N–H and O–H groups in total. The van der Waals surface area contributed by atoms with Crippen molar-refractivity contribution in [1.82, 2.24) is 0 Å². The predicted molar refractivity (Wildman–Crippen MR) is 92.7 cm³/mol. The lowest BCUT2D eigenvalue weighted by molar-refractivity contribution is 0.415. The van der Waals surface area contributed by atoms with Gasteiger partial charge >= 0.3 is 0 Å². The van der Waals surface area contributed by atoms with Crippen LogP contribution in [0.25, 0.3) is 6.08 Å². The van der Waals surface area contributed by atoms with Gasteiger partial charge in [-0.2, -0.15) is 0 Å². The molecule has 0 aliphatic heterocycles. The van der Waals surface area contributed by atoms with E-state index in [1.807, 2.05) is 12.1 Å². The first kappa shape index (κ1) is 17.3. The van der Waals surface area contributed by atoms with Gasteiger partial charge in [-0.05, 0) is 60.6 Å². The molecule has 1 heteroatoms. The molecule has 0 bridgehead atoms. The predicted octanol–water partition coefficient (Wildman–Crippen LogP) is 6.17. The number of methoxy groups -OCH3 is 1. The van der Waals surface area contributed by atoms with Gasteiger partial charge < -0.3 is 4.74 Å². The first-order chi connectivity index (χ1) is 10.2. The highest BCUT2D eigenvalue weighted by atomic mass is 16.5. The lowest BCUT2D eigenvalue weighted by Gasteiger charge is -2.07. The fraction of sp³-hybridized carbons (Fsp3) is 0.450. The molecular weight excluding hydrogens is 256 g/mol. The Morgan fingerprint density at radius 2 is 1.86 bits per heavy atom. The highest BCUT2D eigenvalue weighted by Gasteiger charge is 2.01. The van der Waals surface area contributed by atoms with Crippen LogP contribution >= 0.6 is 0 Å². The summed E-state index contributed by atoms with van der Waals surface area (Å²) >= 11 is 0. The van der Waals surface area contributed by atoms with E-state index < -0.39 is 0 Å². The van der Waals surface area contributed by atoms with Crippen LogP contribution < -0.4 is 4.74 Å². The number of allylic oxidation sites excluding steroid dienone is 3. The van der Waals surface area contributed by atoms with Gasteiger partial charge in [-0.3, -0.25) is 0 Å². The van der Waals surface area contributed by atoms with Crippen molar-refractivity contribution in [2.75, 3.05) is 7.11 Å². The minimum atomic E-state index is 0.891. The van der Waals surface area contributed by atoms with Crippen LogP contribution in [-0.2, 0) is 0 Å². The van der Waals surface area contributed by atoms with Gasteiger partial charge in [0.2, 0.25) is 0 Å². The minimum Gasteiger partial charge on any atom is -0.497 e. The molecule has 0 fully saturated rings. The Balaban J connectivity index is 3.03. The van der Waals surface area contributed by atoms with E-state index in [-0.39, 0.29) is 0 Å². The maximum Gasteiger partial charge on any atom is 0.118 e. The van der Waals surface area contributed by atoms with Gasteiger partial charge in [-0.1, -0.05) is 45.4 Å². The quantitative estimate of drug-likeness (QED) is 0.409. The molecule has 1 nitrogen and oxygen atoms in total. The van der Waals surface area contributed by atoms with Crippen LogP contribution in [0, 0.1) is 0 Å². The Morgan fingerprint density at radius 1 is 1.14 bits per heavy atom. The van der Waals surface area contributed by atoms with Crippen molar-refractivity contribution in [1.29, 1.82) is 0 Å². The summed E-state index contributed by atoms with van der Waals surface area (Å²) < 4.78 is 5.19. The van der Waals surface area contributed by atoms with Gasteiger partial charge in [0.25, 0.3) is 0 Å². The Kier molecular flexibility index (Phi) is 8.31. The molecule has 0 aliphatic rings. The molecule has 0 aliphatic carbocycles. The second kappa shape index (κ2) is 10.1. The van der Waals surface area contributed by atoms with E-state index in [0.717, 1.165) is 30.6 Å². The number of benzene rings is 1. The van der Waals surface area contributed by atoms with Crippen LogP contribution in [-0.4, -0.2) is 7.11 Å². The fourth-order valence-electron chi connectivity index (χ4n) is 2.28. The van der Waals surface area contributed by atoms with Crippen molar-refractivity contribution in [3.8, 4) is 5.75 Å². The summed E-state index contributed by atoms with van der Waals surface area (Å²) in [5.41, 5.74) is 7.49. The van der Waals surface area contributed by atoms with Gasteiger partial charge in [-0.15, -0.1) is 5.73 Å². The number of unbranched alkanes of at least 4 members (excludes halogenated alkanes) is 1. The smallest absolute Gasteiger partial charge is 0.118 e. The maximum atomic E-state index is 5.19. The van der Waals surface area contributed by atoms with Crippen LogP contribution in [0.15, 0.2) is 47.2 Å². The Labute approximate surface area is 130 Å². The topological polar surface area (TPSA) is 9.23 Å². The molecule has 0 atom stereocenters. The van der Waals surface area contributed by atoms with Crippen molar-refractivity contribution in [3.63, 3.8) is 0 Å². The van der Waals surface area contributed by atoms with E-state index >= 15 is 0 Å². The second-order valence-electron chi connectivity index (χ2n) is 5.14. The summed E-state index contributed by atoms with van der Waals surface area (Å²) in [6.45, 7) is 6.66. The number of ether oxygens (including phenoxy) is 1. The zero-order valence-corrected chi connectivity index (χ0v) is 13.9. The van der Waals surface area contributed by atoms with E-state index in [1.54, 1.807) is 7.11 Å². The third kappa shape index (κ3) is 6.06. The molecule has 21 heavy (non-hydrogen) atoms. The maximum absolute atomic E-state index is 5.19. The standard InChI is InChI=1S/C20H28O/c1-5-8-10-19(18(7-3)9-6-2)14-11-17-12-15-20(21-4)16-13-17/h9,11-13,15-16H,5-8,10H2,1-4H3/b18-9+. The zero-order chi connectivity index (χ0) is 15.5. The average Bonchev–Trinajstić information content (AvgIpc) is 2.53. The van der Waals surface area contributed by atoms with Crippen LogP contribution in [0.5, 0.6) is 5.75 Å². The van der Waals surface area contributed by atoms with Crippen LogP contribution in [0.1, 0.15) is 58.4 Å². The van der Waals surface area contributed by atoms with Gasteiger partial charge in [0.05, 0.1) is 7.11 Å². The van der Waals surface area contributed by atoms with Gasteiger partial charge in [0, 0.05) is 0 Å². The molecule has 0 saturated heterocycles. The number of hydrogen-bond acceptors (Lipinski definition) is 1. The van der Waals surface area contributed by atoms with E-state index in [1.165, 1.54) is 24.0 Å². The Hall–Kier alpha value is -1.72. The summed E-state index contributed by atoms with van der Waals surface area (Å²) in [5, 5.41) is 0. The van der Waals surface area contributed by atoms with E-state index in [2.05, 4.69) is 50.8 Å². The molecule has 0 heterocycles. The molecule has 0 radical (unpaired) electrons. The summed E-state index contributed by atoms with van der Waals surface area (Å²) in [6.07, 6.45) is 10.1. The van der Waals surface area contributed by atoms with Gasteiger partial charge in [-0.25, -0.2) is 0 Å². The third-order valence-electron chi connectivity index (χ3n) is 3.53. The number of hydrogen-bond donors (Lipinski definition) is 0. The summed E-state index contributed by atoms with van der Waals surface area (Å²) in [6, 6.07) is 8.11. The van der Waals surface area contributed by atoms with Crippen molar-refractivity contribution < 1.29 is 4.74 Å². The van der Waals surface area contributed by atoms with Gasteiger partial charge in [0.1, 0.15) is 5.75 Å². The number of rotatable bonds is 8.